The maximum Gasteiger partial charge on any atom is 0.304 e. The molecule has 1 N–H and O–H groups in total. The van der Waals surface area contributed by atoms with Crippen LogP contribution in [0, 0.1) is 11.7 Å². The van der Waals surface area contributed by atoms with E-state index in [1.807, 2.05) is 44.2 Å². The number of rotatable bonds is 11. The highest BCUT2D eigenvalue weighted by Gasteiger charge is 2.32. The Morgan fingerprint density at radius 3 is 2.09 bits per heavy atom. The van der Waals surface area contributed by atoms with Crippen molar-refractivity contribution >= 4 is 27.7 Å². The number of hydrogen-bond acceptors (Lipinski definition) is 4. The van der Waals surface area contributed by atoms with E-state index in [2.05, 4.69) is 5.32 Å². The summed E-state index contributed by atoms with van der Waals surface area (Å²) in [5, 5.41) is 2.83. The molecule has 2 amide bonds. The molecule has 2 aromatic rings. The van der Waals surface area contributed by atoms with Crippen LogP contribution < -0.4 is 9.62 Å². The van der Waals surface area contributed by atoms with Gasteiger partial charge in [0.25, 0.3) is 0 Å². The van der Waals surface area contributed by atoms with Crippen LogP contribution in [-0.4, -0.2) is 62.7 Å². The van der Waals surface area contributed by atoms with Crippen molar-refractivity contribution in [3.63, 3.8) is 0 Å². The number of carbonyl (C=O) groups is 2. The van der Waals surface area contributed by atoms with Crippen LogP contribution in [-0.2, 0) is 26.3 Å². The molecular formula is C24H33FN4O4S. The Balaban J connectivity index is 2.39. The number of hydrogen-bond donors (Lipinski definition) is 1. The molecule has 1 atom stereocenters. The monoisotopic (exact) mass is 492 g/mol. The molecule has 0 saturated carbocycles. The summed E-state index contributed by atoms with van der Waals surface area (Å²) in [5.41, 5.74) is 0.934. The molecule has 0 heterocycles. The Labute approximate surface area is 201 Å². The van der Waals surface area contributed by atoms with E-state index < -0.39 is 34.5 Å². The van der Waals surface area contributed by atoms with E-state index in [1.165, 1.54) is 31.1 Å². The zero-order valence-corrected chi connectivity index (χ0v) is 21.0. The van der Waals surface area contributed by atoms with Gasteiger partial charge in [-0.3, -0.25) is 9.59 Å². The van der Waals surface area contributed by atoms with Crippen LogP contribution in [0.5, 0.6) is 0 Å². The van der Waals surface area contributed by atoms with Gasteiger partial charge in [0.1, 0.15) is 18.4 Å². The first-order valence-electron chi connectivity index (χ1n) is 11.0. The number of benzene rings is 2. The van der Waals surface area contributed by atoms with Gasteiger partial charge < -0.3 is 10.2 Å². The van der Waals surface area contributed by atoms with Gasteiger partial charge >= 0.3 is 10.2 Å². The standard InChI is InChI=1S/C24H33FN4O4S/c1-18(2)15-26-24(31)19(3)28(16-20-9-7-6-8-10-20)23(30)17-29(34(32,33)27(4)5)22-13-11-21(25)12-14-22/h6-14,18-19H,15-17H2,1-5H3,(H,26,31)/t19-/m0/s1. The van der Waals surface area contributed by atoms with Crippen LogP contribution in [0.25, 0.3) is 0 Å². The first kappa shape index (κ1) is 27.3. The molecule has 0 aliphatic rings. The van der Waals surface area contributed by atoms with E-state index in [-0.39, 0.29) is 24.1 Å². The van der Waals surface area contributed by atoms with Crippen LogP contribution >= 0.6 is 0 Å². The molecular weight excluding hydrogens is 459 g/mol. The SMILES string of the molecule is CC(C)CNC(=O)[C@H](C)N(Cc1ccccc1)C(=O)CN(c1ccc(F)cc1)S(=O)(=O)N(C)C. The summed E-state index contributed by atoms with van der Waals surface area (Å²) in [6.07, 6.45) is 0. The number of nitrogens with one attached hydrogen (secondary N) is 1. The quantitative estimate of drug-likeness (QED) is 0.522. The fourth-order valence-corrected chi connectivity index (χ4v) is 4.20. The number of amides is 2. The first-order chi connectivity index (χ1) is 15.9. The minimum absolute atomic E-state index is 0.120. The summed E-state index contributed by atoms with van der Waals surface area (Å²) in [7, 11) is -1.38. The van der Waals surface area contributed by atoms with E-state index >= 15 is 0 Å². The number of carbonyl (C=O) groups excluding carboxylic acids is 2. The summed E-state index contributed by atoms with van der Waals surface area (Å²) in [6, 6.07) is 13.1. The lowest BCUT2D eigenvalue weighted by Gasteiger charge is -2.33. The molecule has 0 radical (unpaired) electrons. The Morgan fingerprint density at radius 2 is 1.56 bits per heavy atom. The van der Waals surface area contributed by atoms with Gasteiger partial charge in [-0.2, -0.15) is 12.7 Å². The van der Waals surface area contributed by atoms with Crippen molar-refractivity contribution in [3.05, 3.63) is 66.0 Å². The van der Waals surface area contributed by atoms with Gasteiger partial charge in [0.15, 0.2) is 0 Å². The van der Waals surface area contributed by atoms with Crippen LogP contribution in [0.3, 0.4) is 0 Å². The number of halogens is 1. The van der Waals surface area contributed by atoms with Crippen molar-refractivity contribution in [2.24, 2.45) is 5.92 Å². The van der Waals surface area contributed by atoms with Crippen molar-refractivity contribution in [2.45, 2.75) is 33.4 Å². The minimum Gasteiger partial charge on any atom is -0.354 e. The normalized spacial score (nSPS) is 12.5. The second kappa shape index (κ2) is 11.9. The third kappa shape index (κ3) is 7.26. The summed E-state index contributed by atoms with van der Waals surface area (Å²) < 4.78 is 41.4. The van der Waals surface area contributed by atoms with Gasteiger partial charge in [-0.25, -0.2) is 8.70 Å². The zero-order chi connectivity index (χ0) is 25.5. The molecule has 0 bridgehead atoms. The minimum atomic E-state index is -4.08. The van der Waals surface area contributed by atoms with Gasteiger partial charge in [-0.15, -0.1) is 0 Å². The smallest absolute Gasteiger partial charge is 0.304 e. The van der Waals surface area contributed by atoms with Crippen LogP contribution in [0.4, 0.5) is 10.1 Å². The fourth-order valence-electron chi connectivity index (χ4n) is 3.14. The van der Waals surface area contributed by atoms with E-state index in [9.17, 15) is 22.4 Å². The predicted octanol–water partition coefficient (Wildman–Crippen LogP) is 2.63. The molecule has 2 rings (SSSR count). The lowest BCUT2D eigenvalue weighted by Crippen LogP contribution is -2.52. The molecule has 0 saturated heterocycles. The molecule has 0 spiro atoms. The highest BCUT2D eigenvalue weighted by Crippen LogP contribution is 2.21. The van der Waals surface area contributed by atoms with Gasteiger partial charge in [0, 0.05) is 27.2 Å². The van der Waals surface area contributed by atoms with Gasteiger partial charge in [-0.1, -0.05) is 44.2 Å². The average Bonchev–Trinajstić information content (AvgIpc) is 2.80. The number of nitrogens with zero attached hydrogens (tertiary/aromatic N) is 3. The number of anilines is 1. The van der Waals surface area contributed by atoms with E-state index in [0.717, 1.165) is 26.3 Å². The topological polar surface area (TPSA) is 90.0 Å². The molecule has 8 nitrogen and oxygen atoms in total. The van der Waals surface area contributed by atoms with E-state index in [1.54, 1.807) is 6.92 Å². The summed E-state index contributed by atoms with van der Waals surface area (Å²) >= 11 is 0. The van der Waals surface area contributed by atoms with Crippen LogP contribution in [0.2, 0.25) is 0 Å². The Kier molecular flexibility index (Phi) is 9.57. The largest absolute Gasteiger partial charge is 0.354 e. The van der Waals surface area contributed by atoms with Gasteiger partial charge in [0.05, 0.1) is 5.69 Å². The molecule has 34 heavy (non-hydrogen) atoms. The van der Waals surface area contributed by atoms with E-state index in [4.69, 9.17) is 0 Å². The zero-order valence-electron chi connectivity index (χ0n) is 20.2. The maximum atomic E-state index is 13.5. The van der Waals surface area contributed by atoms with Gasteiger partial charge in [-0.05, 0) is 42.7 Å². The van der Waals surface area contributed by atoms with Crippen LogP contribution in [0.15, 0.2) is 54.6 Å². The average molecular weight is 493 g/mol. The third-order valence-corrected chi connectivity index (χ3v) is 7.00. The summed E-state index contributed by atoms with van der Waals surface area (Å²) in [5.74, 6) is -1.19. The molecule has 0 aromatic heterocycles. The highest BCUT2D eigenvalue weighted by atomic mass is 32.2. The molecule has 0 aliphatic heterocycles. The van der Waals surface area contributed by atoms with Crippen molar-refractivity contribution < 1.29 is 22.4 Å². The Bertz CT molecular complexity index is 1060. The van der Waals surface area contributed by atoms with Crippen molar-refractivity contribution in [2.75, 3.05) is 31.5 Å². The first-order valence-corrected chi connectivity index (χ1v) is 12.4. The lowest BCUT2D eigenvalue weighted by molar-refractivity contribution is -0.139. The highest BCUT2D eigenvalue weighted by molar-refractivity contribution is 7.90. The van der Waals surface area contributed by atoms with Crippen LogP contribution in [0.1, 0.15) is 26.3 Å². The molecule has 186 valence electrons. The summed E-state index contributed by atoms with van der Waals surface area (Å²) in [4.78, 5) is 27.6. The predicted molar refractivity (Wildman–Crippen MR) is 131 cm³/mol. The Morgan fingerprint density at radius 1 is 0.971 bits per heavy atom. The molecule has 0 unspecified atom stereocenters. The fraction of sp³-hybridized carbons (Fsp3) is 0.417. The maximum absolute atomic E-state index is 13.5. The van der Waals surface area contributed by atoms with Crippen molar-refractivity contribution in [1.82, 2.24) is 14.5 Å². The van der Waals surface area contributed by atoms with Crippen molar-refractivity contribution in [3.8, 4) is 0 Å². The lowest BCUT2D eigenvalue weighted by atomic mass is 10.1. The molecule has 10 heteroatoms. The van der Waals surface area contributed by atoms with Crippen molar-refractivity contribution in [1.29, 1.82) is 0 Å². The summed E-state index contributed by atoms with van der Waals surface area (Å²) in [6.45, 7) is 5.55. The molecule has 0 aliphatic carbocycles. The second-order valence-electron chi connectivity index (χ2n) is 8.60. The second-order valence-corrected chi connectivity index (χ2v) is 10.7. The molecule has 0 fully saturated rings. The molecule has 2 aromatic carbocycles. The van der Waals surface area contributed by atoms with E-state index in [0.29, 0.717) is 6.54 Å². The third-order valence-electron chi connectivity index (χ3n) is 5.18. The Hall–Kier alpha value is -2.98. The van der Waals surface area contributed by atoms with Gasteiger partial charge in [0.2, 0.25) is 11.8 Å².